The predicted molar refractivity (Wildman–Crippen MR) is 131 cm³/mol. The van der Waals surface area contributed by atoms with Crippen LogP contribution in [-0.4, -0.2) is 78.9 Å². The van der Waals surface area contributed by atoms with Crippen molar-refractivity contribution in [3.63, 3.8) is 0 Å². The fraction of sp³-hybridized carbons (Fsp3) is 0.346. The van der Waals surface area contributed by atoms with Crippen molar-refractivity contribution in [3.05, 3.63) is 70.3 Å². The summed E-state index contributed by atoms with van der Waals surface area (Å²) in [6, 6.07) is 13.4. The van der Waals surface area contributed by atoms with E-state index in [1.54, 1.807) is 55.6 Å². The standard InChI is InChI=1S/C26H26ClN3O5/c1-28-20-6-3-2-5-19(20)26(25(28)34)21(22(31)17-7-9-18(27)10-8-17)23(32)24(33)30(26)12-4-11-29-13-15-35-16-14-29/h2-3,5-10,31H,4,11-16H2,1H3/b22-21+. The highest BCUT2D eigenvalue weighted by atomic mass is 35.5. The second kappa shape index (κ2) is 9.11. The molecule has 2 amide bonds. The number of carbonyl (C=O) groups is 3. The third-order valence-corrected chi connectivity index (χ3v) is 7.27. The van der Waals surface area contributed by atoms with E-state index in [1.807, 2.05) is 0 Å². The predicted octanol–water partition coefficient (Wildman–Crippen LogP) is 2.61. The highest BCUT2D eigenvalue weighted by Gasteiger charge is 2.66. The van der Waals surface area contributed by atoms with Crippen LogP contribution in [0.15, 0.2) is 54.1 Å². The molecule has 0 bridgehead atoms. The molecule has 0 aromatic heterocycles. The molecule has 1 spiro atoms. The molecule has 3 aliphatic heterocycles. The largest absolute Gasteiger partial charge is 0.507 e. The lowest BCUT2D eigenvalue weighted by Crippen LogP contribution is -2.52. The molecule has 3 heterocycles. The maximum atomic E-state index is 13.9. The van der Waals surface area contributed by atoms with Crippen LogP contribution in [0.1, 0.15) is 17.5 Å². The van der Waals surface area contributed by atoms with Crippen molar-refractivity contribution < 1.29 is 24.2 Å². The Morgan fingerprint density at radius 1 is 1.03 bits per heavy atom. The number of benzene rings is 2. The van der Waals surface area contributed by atoms with Gasteiger partial charge < -0.3 is 19.6 Å². The van der Waals surface area contributed by atoms with Crippen molar-refractivity contribution in [2.45, 2.75) is 12.0 Å². The Hall–Kier alpha value is -3.20. The summed E-state index contributed by atoms with van der Waals surface area (Å²) in [5.41, 5.74) is -0.528. The number of ether oxygens (including phenoxy) is 1. The molecular weight excluding hydrogens is 470 g/mol. The van der Waals surface area contributed by atoms with Crippen LogP contribution in [0.4, 0.5) is 5.69 Å². The minimum atomic E-state index is -1.73. The molecule has 2 fully saturated rings. The third-order valence-electron chi connectivity index (χ3n) is 7.02. The number of carbonyl (C=O) groups excluding carboxylic acids is 3. The van der Waals surface area contributed by atoms with Gasteiger partial charge in [-0.1, -0.05) is 29.8 Å². The van der Waals surface area contributed by atoms with Gasteiger partial charge in [-0.15, -0.1) is 0 Å². The van der Waals surface area contributed by atoms with Crippen molar-refractivity contribution in [1.29, 1.82) is 0 Å². The van der Waals surface area contributed by atoms with E-state index in [-0.39, 0.29) is 12.1 Å². The van der Waals surface area contributed by atoms with Crippen LogP contribution in [0.5, 0.6) is 0 Å². The Morgan fingerprint density at radius 2 is 1.71 bits per heavy atom. The smallest absolute Gasteiger partial charge is 0.296 e. The zero-order valence-electron chi connectivity index (χ0n) is 19.4. The van der Waals surface area contributed by atoms with E-state index in [0.717, 1.165) is 13.1 Å². The number of nitrogens with zero attached hydrogens (tertiary/aromatic N) is 3. The number of morpholine rings is 1. The highest BCUT2D eigenvalue weighted by molar-refractivity contribution is 6.50. The van der Waals surface area contributed by atoms with Gasteiger partial charge in [0.25, 0.3) is 17.6 Å². The van der Waals surface area contributed by atoms with Gasteiger partial charge in [0.1, 0.15) is 5.76 Å². The molecule has 0 radical (unpaired) electrons. The van der Waals surface area contributed by atoms with E-state index in [2.05, 4.69) is 4.90 Å². The maximum Gasteiger partial charge on any atom is 0.296 e. The molecule has 2 aromatic rings. The Morgan fingerprint density at radius 3 is 2.43 bits per heavy atom. The number of likely N-dealkylation sites (N-methyl/N-ethyl adjacent to an activating group) is 1. The lowest BCUT2D eigenvalue weighted by molar-refractivity contribution is -0.143. The SMILES string of the molecule is CN1C(=O)C2(/C(=C(/O)c3ccc(Cl)cc3)C(=O)C(=O)N2CCCN2CCOCC2)c2ccccc21. The molecule has 1 unspecified atom stereocenters. The van der Waals surface area contributed by atoms with E-state index in [0.29, 0.717) is 48.0 Å². The van der Waals surface area contributed by atoms with Crippen LogP contribution in [0.2, 0.25) is 5.02 Å². The number of likely N-dealkylation sites (tertiary alicyclic amines) is 1. The molecule has 2 aromatic carbocycles. The molecule has 3 aliphatic rings. The molecular formula is C26H26ClN3O5. The number of amides is 2. The number of rotatable bonds is 5. The summed E-state index contributed by atoms with van der Waals surface area (Å²) >= 11 is 6.00. The third kappa shape index (κ3) is 3.64. The van der Waals surface area contributed by atoms with Gasteiger partial charge in [0.2, 0.25) is 0 Å². The number of para-hydroxylation sites is 1. The van der Waals surface area contributed by atoms with Gasteiger partial charge >= 0.3 is 0 Å². The minimum absolute atomic E-state index is 0.188. The topological polar surface area (TPSA) is 90.4 Å². The van der Waals surface area contributed by atoms with Crippen LogP contribution in [0.3, 0.4) is 0 Å². The number of hydrogen-bond acceptors (Lipinski definition) is 6. The molecule has 0 saturated carbocycles. The highest BCUT2D eigenvalue weighted by Crippen LogP contribution is 2.53. The van der Waals surface area contributed by atoms with Crippen molar-refractivity contribution in [2.75, 3.05) is 51.3 Å². The Kier molecular flexibility index (Phi) is 6.13. The Bertz CT molecular complexity index is 1220. The zero-order chi connectivity index (χ0) is 24.7. The average molecular weight is 496 g/mol. The minimum Gasteiger partial charge on any atom is -0.507 e. The molecule has 1 atom stereocenters. The molecule has 2 saturated heterocycles. The molecule has 0 aliphatic carbocycles. The van der Waals surface area contributed by atoms with Crippen molar-refractivity contribution in [3.8, 4) is 0 Å². The van der Waals surface area contributed by atoms with Gasteiger partial charge in [-0.05, 0) is 36.8 Å². The first-order valence-electron chi connectivity index (χ1n) is 11.6. The number of Topliss-reactive ketones (excluding diaryl/α,β-unsaturated/α-hetero) is 1. The number of anilines is 1. The monoisotopic (exact) mass is 495 g/mol. The molecule has 1 N–H and O–H groups in total. The summed E-state index contributed by atoms with van der Waals surface area (Å²) in [6.45, 7) is 3.79. The van der Waals surface area contributed by atoms with Crippen molar-refractivity contribution in [1.82, 2.24) is 9.80 Å². The van der Waals surface area contributed by atoms with E-state index >= 15 is 0 Å². The Labute approximate surface area is 208 Å². The van der Waals surface area contributed by atoms with Gasteiger partial charge in [-0.25, -0.2) is 0 Å². The lowest BCUT2D eigenvalue weighted by Gasteiger charge is -2.35. The summed E-state index contributed by atoms with van der Waals surface area (Å²) in [6.07, 6.45) is 0.564. The van der Waals surface area contributed by atoms with Crippen LogP contribution < -0.4 is 4.90 Å². The quantitative estimate of drug-likeness (QED) is 0.389. The number of fused-ring (bicyclic) bond motifs is 2. The molecule has 9 heteroatoms. The van der Waals surface area contributed by atoms with E-state index < -0.39 is 28.9 Å². The van der Waals surface area contributed by atoms with Gasteiger partial charge in [0, 0.05) is 55.1 Å². The number of aliphatic hydroxyl groups excluding tert-OH is 1. The summed E-state index contributed by atoms with van der Waals surface area (Å²) in [5.74, 6) is -2.50. The van der Waals surface area contributed by atoms with Crippen LogP contribution >= 0.6 is 11.6 Å². The zero-order valence-corrected chi connectivity index (χ0v) is 20.1. The molecule has 8 nitrogen and oxygen atoms in total. The fourth-order valence-electron chi connectivity index (χ4n) is 5.30. The summed E-state index contributed by atoms with van der Waals surface area (Å²) in [5, 5.41) is 11.8. The number of ketones is 1. The maximum absolute atomic E-state index is 13.9. The van der Waals surface area contributed by atoms with Crippen LogP contribution in [0, 0.1) is 0 Å². The summed E-state index contributed by atoms with van der Waals surface area (Å²) in [7, 11) is 1.62. The first-order valence-corrected chi connectivity index (χ1v) is 12.0. The van der Waals surface area contributed by atoms with Gasteiger partial charge in [-0.2, -0.15) is 0 Å². The Balaban J connectivity index is 1.63. The van der Waals surface area contributed by atoms with Gasteiger partial charge in [0.05, 0.1) is 18.8 Å². The van der Waals surface area contributed by atoms with Gasteiger partial charge in [-0.3, -0.25) is 19.3 Å². The van der Waals surface area contributed by atoms with E-state index in [1.165, 1.54) is 9.80 Å². The number of aliphatic hydroxyl groups is 1. The molecule has 5 rings (SSSR count). The summed E-state index contributed by atoms with van der Waals surface area (Å²) in [4.78, 5) is 45.8. The fourth-order valence-corrected chi connectivity index (χ4v) is 5.43. The van der Waals surface area contributed by atoms with Crippen LogP contribution in [0.25, 0.3) is 5.76 Å². The second-order valence-corrected chi connectivity index (χ2v) is 9.35. The first kappa shape index (κ1) is 23.5. The number of halogens is 1. The lowest BCUT2D eigenvalue weighted by atomic mass is 9.82. The number of hydrogen-bond donors (Lipinski definition) is 1. The second-order valence-electron chi connectivity index (χ2n) is 8.92. The first-order chi connectivity index (χ1) is 16.9. The average Bonchev–Trinajstić information content (AvgIpc) is 3.23. The van der Waals surface area contributed by atoms with E-state index in [9.17, 15) is 19.5 Å². The van der Waals surface area contributed by atoms with Crippen molar-refractivity contribution in [2.24, 2.45) is 0 Å². The normalized spacial score (nSPS) is 24.0. The van der Waals surface area contributed by atoms with Crippen molar-refractivity contribution >= 4 is 40.6 Å². The molecule has 35 heavy (non-hydrogen) atoms. The van der Waals surface area contributed by atoms with E-state index in [4.69, 9.17) is 16.3 Å². The summed E-state index contributed by atoms with van der Waals surface area (Å²) < 4.78 is 5.40. The molecule has 182 valence electrons. The van der Waals surface area contributed by atoms with Gasteiger partial charge in [0.15, 0.2) is 5.54 Å². The van der Waals surface area contributed by atoms with Crippen LogP contribution in [-0.2, 0) is 24.7 Å².